The van der Waals surface area contributed by atoms with Crippen molar-refractivity contribution in [3.05, 3.63) is 28.5 Å². The van der Waals surface area contributed by atoms with Gasteiger partial charge in [0.1, 0.15) is 11.3 Å². The van der Waals surface area contributed by atoms with Gasteiger partial charge in [0.25, 0.3) is 0 Å². The highest BCUT2D eigenvalue weighted by Crippen LogP contribution is 2.30. The van der Waals surface area contributed by atoms with Crippen molar-refractivity contribution in [3.63, 3.8) is 0 Å². The number of ether oxygens (including phenoxy) is 1. The molecule has 1 aromatic heterocycles. The summed E-state index contributed by atoms with van der Waals surface area (Å²) in [6, 6.07) is 3.26. The molecule has 4 heteroatoms. The van der Waals surface area contributed by atoms with Gasteiger partial charge < -0.3 is 4.74 Å². The molecule has 0 bridgehead atoms. The summed E-state index contributed by atoms with van der Waals surface area (Å²) in [5.74, 6) is -0.212. The summed E-state index contributed by atoms with van der Waals surface area (Å²) in [5, 5.41) is 0.414. The van der Waals surface area contributed by atoms with Gasteiger partial charge in [-0.25, -0.2) is 9.78 Å². The lowest BCUT2D eigenvalue weighted by Crippen LogP contribution is -2.29. The third kappa shape index (κ3) is 1.38. The van der Waals surface area contributed by atoms with Gasteiger partial charge in [0.05, 0.1) is 11.3 Å². The Morgan fingerprint density at radius 3 is 2.86 bits per heavy atom. The van der Waals surface area contributed by atoms with Gasteiger partial charge in [0.15, 0.2) is 0 Å². The van der Waals surface area contributed by atoms with E-state index in [0.717, 1.165) is 5.69 Å². The molecule has 0 unspecified atom stereocenters. The van der Waals surface area contributed by atoms with Crippen LogP contribution in [0.15, 0.2) is 12.1 Å². The van der Waals surface area contributed by atoms with Crippen LogP contribution in [0.2, 0.25) is 5.15 Å². The first-order valence-electron chi connectivity index (χ1n) is 4.47. The van der Waals surface area contributed by atoms with Crippen LogP contribution >= 0.6 is 11.6 Å². The van der Waals surface area contributed by atoms with E-state index in [1.54, 1.807) is 12.1 Å². The van der Waals surface area contributed by atoms with Crippen molar-refractivity contribution >= 4 is 17.6 Å². The summed E-state index contributed by atoms with van der Waals surface area (Å²) in [6.07, 6.45) is -0.138. The van der Waals surface area contributed by atoms with E-state index < -0.39 is 0 Å². The normalized spacial score (nSPS) is 25.5. The minimum atomic E-state index is -0.310. The lowest BCUT2D eigenvalue weighted by Gasteiger charge is -2.26. The van der Waals surface area contributed by atoms with Crippen molar-refractivity contribution in [1.29, 1.82) is 0 Å². The Kier molecular flexibility index (Phi) is 2.19. The standard InChI is InChI=1S/C10H10ClNO2/c1-5-6(2)14-10(13)7-3-4-8(11)12-9(5)7/h3-6H,1-2H3/t5-,6-/m0/s1. The highest BCUT2D eigenvalue weighted by atomic mass is 35.5. The van der Waals surface area contributed by atoms with Crippen LogP contribution in [0.4, 0.5) is 0 Å². The Morgan fingerprint density at radius 2 is 2.14 bits per heavy atom. The highest BCUT2D eigenvalue weighted by molar-refractivity contribution is 6.29. The first-order chi connectivity index (χ1) is 6.59. The number of carbonyl (C=O) groups is 1. The number of hydrogen-bond acceptors (Lipinski definition) is 3. The van der Waals surface area contributed by atoms with Crippen molar-refractivity contribution in [2.75, 3.05) is 0 Å². The van der Waals surface area contributed by atoms with Crippen LogP contribution < -0.4 is 0 Å². The van der Waals surface area contributed by atoms with Crippen LogP contribution in [0, 0.1) is 0 Å². The summed E-state index contributed by atoms with van der Waals surface area (Å²) in [4.78, 5) is 15.6. The molecule has 1 aromatic rings. The smallest absolute Gasteiger partial charge is 0.340 e. The van der Waals surface area contributed by atoms with E-state index >= 15 is 0 Å². The molecule has 0 N–H and O–H groups in total. The van der Waals surface area contributed by atoms with Crippen LogP contribution in [-0.4, -0.2) is 17.1 Å². The SMILES string of the molecule is C[C@@H]1OC(=O)c2ccc(Cl)nc2[C@H]1C. The van der Waals surface area contributed by atoms with E-state index in [0.29, 0.717) is 10.7 Å². The highest BCUT2D eigenvalue weighted by Gasteiger charge is 2.31. The third-order valence-electron chi connectivity index (χ3n) is 2.54. The van der Waals surface area contributed by atoms with Gasteiger partial charge >= 0.3 is 5.97 Å². The zero-order valence-corrected chi connectivity index (χ0v) is 8.71. The second-order valence-corrected chi connectivity index (χ2v) is 3.85. The molecule has 1 aliphatic rings. The minimum Gasteiger partial charge on any atom is -0.458 e. The number of rotatable bonds is 0. The van der Waals surface area contributed by atoms with Gasteiger partial charge in [-0.3, -0.25) is 0 Å². The molecule has 2 heterocycles. The van der Waals surface area contributed by atoms with E-state index in [4.69, 9.17) is 16.3 Å². The fourth-order valence-corrected chi connectivity index (χ4v) is 1.68. The van der Waals surface area contributed by atoms with Crippen LogP contribution in [0.25, 0.3) is 0 Å². The lowest BCUT2D eigenvalue weighted by atomic mass is 9.94. The Labute approximate surface area is 87.0 Å². The molecule has 74 valence electrons. The number of esters is 1. The number of cyclic esters (lactones) is 1. The minimum absolute atomic E-state index is 0.0985. The summed E-state index contributed by atoms with van der Waals surface area (Å²) < 4.78 is 5.14. The van der Waals surface area contributed by atoms with Gasteiger partial charge in [-0.05, 0) is 19.1 Å². The first kappa shape index (κ1) is 9.46. The summed E-state index contributed by atoms with van der Waals surface area (Å²) >= 11 is 5.77. The lowest BCUT2D eigenvalue weighted by molar-refractivity contribution is 0.0235. The van der Waals surface area contributed by atoms with Crippen molar-refractivity contribution in [2.45, 2.75) is 25.9 Å². The van der Waals surface area contributed by atoms with Crippen LogP contribution in [0.1, 0.15) is 35.8 Å². The number of pyridine rings is 1. The summed E-state index contributed by atoms with van der Waals surface area (Å²) in [7, 11) is 0. The van der Waals surface area contributed by atoms with E-state index in [2.05, 4.69) is 4.98 Å². The van der Waals surface area contributed by atoms with Gasteiger partial charge in [0, 0.05) is 5.92 Å². The van der Waals surface area contributed by atoms with E-state index in [9.17, 15) is 4.79 Å². The molecule has 0 aliphatic carbocycles. The molecule has 0 amide bonds. The van der Waals surface area contributed by atoms with Gasteiger partial charge in [-0.15, -0.1) is 0 Å². The Bertz CT molecular complexity index is 392. The maximum Gasteiger partial charge on any atom is 0.340 e. The first-order valence-corrected chi connectivity index (χ1v) is 4.85. The Morgan fingerprint density at radius 1 is 1.43 bits per heavy atom. The monoisotopic (exact) mass is 211 g/mol. The molecule has 0 saturated heterocycles. The van der Waals surface area contributed by atoms with Crippen LogP contribution in [0.3, 0.4) is 0 Å². The van der Waals surface area contributed by atoms with Crippen LogP contribution in [0.5, 0.6) is 0 Å². The molecule has 14 heavy (non-hydrogen) atoms. The van der Waals surface area contributed by atoms with Crippen LogP contribution in [-0.2, 0) is 4.74 Å². The molecule has 1 aliphatic heterocycles. The molecule has 2 atom stereocenters. The second-order valence-electron chi connectivity index (χ2n) is 3.47. The van der Waals surface area contributed by atoms with Gasteiger partial charge in [-0.2, -0.15) is 0 Å². The average molecular weight is 212 g/mol. The number of aromatic nitrogens is 1. The third-order valence-corrected chi connectivity index (χ3v) is 2.75. The fraction of sp³-hybridized carbons (Fsp3) is 0.400. The number of hydrogen-bond donors (Lipinski definition) is 0. The quantitative estimate of drug-likeness (QED) is 0.489. The summed E-state index contributed by atoms with van der Waals surface area (Å²) in [6.45, 7) is 3.83. The van der Waals surface area contributed by atoms with Gasteiger partial charge in [0.2, 0.25) is 0 Å². The molecule has 3 nitrogen and oxygen atoms in total. The van der Waals surface area contributed by atoms with Crippen molar-refractivity contribution in [2.24, 2.45) is 0 Å². The average Bonchev–Trinajstić information content (AvgIpc) is 2.14. The predicted molar refractivity (Wildman–Crippen MR) is 52.5 cm³/mol. The molecule has 0 fully saturated rings. The van der Waals surface area contributed by atoms with Gasteiger partial charge in [-0.1, -0.05) is 18.5 Å². The Hall–Kier alpha value is -1.09. The zero-order chi connectivity index (χ0) is 10.3. The summed E-state index contributed by atoms with van der Waals surface area (Å²) in [5.41, 5.74) is 1.27. The maximum absolute atomic E-state index is 11.4. The molecule has 2 rings (SSSR count). The maximum atomic E-state index is 11.4. The number of carbonyl (C=O) groups excluding carboxylic acids is 1. The number of halogens is 1. The number of fused-ring (bicyclic) bond motifs is 1. The molecule has 0 saturated carbocycles. The largest absolute Gasteiger partial charge is 0.458 e. The second kappa shape index (κ2) is 3.24. The number of nitrogens with zero attached hydrogens (tertiary/aromatic N) is 1. The van der Waals surface area contributed by atoms with E-state index in [1.165, 1.54) is 0 Å². The molecule has 0 radical (unpaired) electrons. The van der Waals surface area contributed by atoms with E-state index in [-0.39, 0.29) is 18.0 Å². The topological polar surface area (TPSA) is 39.2 Å². The molecule has 0 aromatic carbocycles. The molecule has 0 spiro atoms. The molecular formula is C10H10ClNO2. The van der Waals surface area contributed by atoms with Crippen molar-refractivity contribution in [1.82, 2.24) is 4.98 Å². The molecular weight excluding hydrogens is 202 g/mol. The van der Waals surface area contributed by atoms with Crippen molar-refractivity contribution in [3.8, 4) is 0 Å². The predicted octanol–water partition coefficient (Wildman–Crippen LogP) is 2.40. The zero-order valence-electron chi connectivity index (χ0n) is 7.95. The van der Waals surface area contributed by atoms with E-state index in [1.807, 2.05) is 13.8 Å². The van der Waals surface area contributed by atoms with Crippen molar-refractivity contribution < 1.29 is 9.53 Å². The fourth-order valence-electron chi connectivity index (χ4n) is 1.53. The Balaban J connectivity index is 2.56.